The first kappa shape index (κ1) is 13.0. The van der Waals surface area contributed by atoms with Crippen LogP contribution in [0, 0.1) is 0 Å². The third kappa shape index (κ3) is 3.08. The number of piperidine rings is 1. The van der Waals surface area contributed by atoms with E-state index in [1.165, 1.54) is 30.0 Å². The fourth-order valence-electron chi connectivity index (χ4n) is 2.35. The van der Waals surface area contributed by atoms with E-state index in [2.05, 4.69) is 10.00 Å². The molecule has 0 amide bonds. The van der Waals surface area contributed by atoms with Crippen LogP contribution in [-0.4, -0.2) is 40.2 Å². The highest BCUT2D eigenvalue weighted by Gasteiger charge is 2.14. The molecule has 0 unspecified atom stereocenters. The van der Waals surface area contributed by atoms with Crippen molar-refractivity contribution in [3.63, 3.8) is 0 Å². The predicted molar refractivity (Wildman–Crippen MR) is 68.5 cm³/mol. The highest BCUT2D eigenvalue weighted by molar-refractivity contribution is 5.78. The van der Waals surface area contributed by atoms with Gasteiger partial charge in [0, 0.05) is 25.6 Å². The number of nitrogens with zero attached hydrogens (tertiary/aromatic N) is 2. The van der Waals surface area contributed by atoms with Gasteiger partial charge in [-0.2, -0.15) is 0 Å². The van der Waals surface area contributed by atoms with Crippen molar-refractivity contribution in [3.05, 3.63) is 22.1 Å². The van der Waals surface area contributed by atoms with Crippen molar-refractivity contribution in [1.82, 2.24) is 14.7 Å². The maximum absolute atomic E-state index is 12.0. The molecule has 18 heavy (non-hydrogen) atoms. The number of likely N-dealkylation sites (tertiary alicyclic amines) is 1. The van der Waals surface area contributed by atoms with Crippen LogP contribution >= 0.6 is 0 Å². The average molecular weight is 252 g/mol. The molecule has 1 aromatic heterocycles. The summed E-state index contributed by atoms with van der Waals surface area (Å²) in [5.74, 6) is -0.0943. The summed E-state index contributed by atoms with van der Waals surface area (Å²) in [5, 5.41) is 2.50. The molecule has 0 spiro atoms. The minimum Gasteiger partial charge on any atom is -0.325 e. The molecule has 1 fully saturated rings. The van der Waals surface area contributed by atoms with Crippen LogP contribution in [0.3, 0.4) is 0 Å². The van der Waals surface area contributed by atoms with E-state index in [1.807, 2.05) is 0 Å². The lowest BCUT2D eigenvalue weighted by Gasteiger charge is -2.25. The van der Waals surface area contributed by atoms with Gasteiger partial charge in [-0.15, -0.1) is 0 Å². The van der Waals surface area contributed by atoms with Crippen LogP contribution in [-0.2, 0) is 6.54 Å². The molecule has 2 rings (SSSR count). The van der Waals surface area contributed by atoms with Crippen molar-refractivity contribution in [2.45, 2.75) is 32.2 Å². The van der Waals surface area contributed by atoms with E-state index in [9.17, 15) is 9.59 Å². The minimum absolute atomic E-state index is 0.0943. The third-order valence-electron chi connectivity index (χ3n) is 3.36. The molecule has 1 aliphatic rings. The SMILES string of the molecule is NCc1cc(=O)[nH]n1C(=O)CCN1CCCCC1. The highest BCUT2D eigenvalue weighted by atomic mass is 16.2. The zero-order valence-corrected chi connectivity index (χ0v) is 10.5. The number of carbonyl (C=O) groups excluding carboxylic acids is 1. The number of aromatic amines is 1. The molecule has 1 aliphatic heterocycles. The summed E-state index contributed by atoms with van der Waals surface area (Å²) in [6, 6.07) is 1.37. The summed E-state index contributed by atoms with van der Waals surface area (Å²) in [6.07, 6.45) is 4.12. The van der Waals surface area contributed by atoms with Gasteiger partial charge in [-0.25, -0.2) is 4.68 Å². The Balaban J connectivity index is 1.92. The van der Waals surface area contributed by atoms with Crippen LogP contribution in [0.15, 0.2) is 10.9 Å². The van der Waals surface area contributed by atoms with Gasteiger partial charge in [0.25, 0.3) is 5.56 Å². The van der Waals surface area contributed by atoms with Gasteiger partial charge >= 0.3 is 0 Å². The van der Waals surface area contributed by atoms with Gasteiger partial charge in [-0.3, -0.25) is 14.7 Å². The molecule has 0 radical (unpaired) electrons. The van der Waals surface area contributed by atoms with Gasteiger partial charge in [0.2, 0.25) is 5.91 Å². The molecule has 2 heterocycles. The summed E-state index contributed by atoms with van der Waals surface area (Å²) in [4.78, 5) is 25.5. The lowest BCUT2D eigenvalue weighted by Crippen LogP contribution is -2.33. The first-order chi connectivity index (χ1) is 8.70. The Morgan fingerprint density at radius 3 is 2.72 bits per heavy atom. The number of hydrogen-bond donors (Lipinski definition) is 2. The normalized spacial score (nSPS) is 16.9. The average Bonchev–Trinajstić information content (AvgIpc) is 2.78. The molecular formula is C12H20N4O2. The summed E-state index contributed by atoms with van der Waals surface area (Å²) < 4.78 is 1.28. The van der Waals surface area contributed by atoms with E-state index in [1.54, 1.807) is 0 Å². The van der Waals surface area contributed by atoms with E-state index in [-0.39, 0.29) is 18.0 Å². The Morgan fingerprint density at radius 1 is 1.33 bits per heavy atom. The standard InChI is InChI=1S/C12H20N4O2/c13-9-10-8-11(17)14-16(10)12(18)4-7-15-5-2-1-3-6-15/h8H,1-7,9,13H2,(H,14,17). The van der Waals surface area contributed by atoms with Gasteiger partial charge in [0.05, 0.1) is 5.69 Å². The Hall–Kier alpha value is -1.40. The molecular weight excluding hydrogens is 232 g/mol. The van der Waals surface area contributed by atoms with E-state index < -0.39 is 0 Å². The predicted octanol–water partition coefficient (Wildman–Crippen LogP) is 0.151. The van der Waals surface area contributed by atoms with Crippen LogP contribution in [0.4, 0.5) is 0 Å². The number of nitrogens with one attached hydrogen (secondary N) is 1. The van der Waals surface area contributed by atoms with Crippen LogP contribution in [0.5, 0.6) is 0 Å². The molecule has 0 aliphatic carbocycles. The second-order valence-corrected chi connectivity index (χ2v) is 4.70. The first-order valence-electron chi connectivity index (χ1n) is 6.47. The molecule has 1 saturated heterocycles. The van der Waals surface area contributed by atoms with Crippen molar-refractivity contribution in [2.75, 3.05) is 19.6 Å². The van der Waals surface area contributed by atoms with Crippen molar-refractivity contribution < 1.29 is 4.79 Å². The number of carbonyl (C=O) groups is 1. The van der Waals surface area contributed by atoms with E-state index in [0.29, 0.717) is 12.1 Å². The molecule has 1 aromatic rings. The lowest BCUT2D eigenvalue weighted by molar-refractivity contribution is 0.0858. The van der Waals surface area contributed by atoms with Crippen molar-refractivity contribution >= 4 is 5.91 Å². The molecule has 100 valence electrons. The highest BCUT2D eigenvalue weighted by Crippen LogP contribution is 2.09. The maximum atomic E-state index is 12.0. The summed E-state index contributed by atoms with van der Waals surface area (Å²) in [5.41, 5.74) is 5.77. The number of nitrogens with two attached hydrogens (primary N) is 1. The fourth-order valence-corrected chi connectivity index (χ4v) is 2.35. The summed E-state index contributed by atoms with van der Waals surface area (Å²) >= 11 is 0. The Labute approximate surface area is 106 Å². The number of rotatable bonds is 4. The van der Waals surface area contributed by atoms with Crippen molar-refractivity contribution in [2.24, 2.45) is 5.73 Å². The lowest BCUT2D eigenvalue weighted by atomic mass is 10.1. The van der Waals surface area contributed by atoms with Gasteiger partial charge in [0.15, 0.2) is 0 Å². The number of hydrogen-bond acceptors (Lipinski definition) is 4. The van der Waals surface area contributed by atoms with Crippen LogP contribution in [0.25, 0.3) is 0 Å². The van der Waals surface area contributed by atoms with Crippen molar-refractivity contribution in [1.29, 1.82) is 0 Å². The molecule has 6 nitrogen and oxygen atoms in total. The Kier molecular flexibility index (Phi) is 4.33. The van der Waals surface area contributed by atoms with Crippen LogP contribution in [0.1, 0.15) is 36.2 Å². The third-order valence-corrected chi connectivity index (χ3v) is 3.36. The Bertz CT molecular complexity index is 457. The van der Waals surface area contributed by atoms with E-state index in [0.717, 1.165) is 19.6 Å². The van der Waals surface area contributed by atoms with E-state index >= 15 is 0 Å². The zero-order valence-electron chi connectivity index (χ0n) is 10.5. The number of H-pyrrole nitrogens is 1. The Morgan fingerprint density at radius 2 is 2.06 bits per heavy atom. The van der Waals surface area contributed by atoms with Gasteiger partial charge in [-0.1, -0.05) is 6.42 Å². The topological polar surface area (TPSA) is 84.1 Å². The molecule has 3 N–H and O–H groups in total. The first-order valence-corrected chi connectivity index (χ1v) is 6.47. The van der Waals surface area contributed by atoms with Crippen molar-refractivity contribution in [3.8, 4) is 0 Å². The zero-order chi connectivity index (χ0) is 13.0. The molecule has 0 bridgehead atoms. The quantitative estimate of drug-likeness (QED) is 0.799. The smallest absolute Gasteiger partial charge is 0.264 e. The number of aromatic nitrogens is 2. The summed E-state index contributed by atoms with van der Waals surface area (Å²) in [6.45, 7) is 3.08. The largest absolute Gasteiger partial charge is 0.325 e. The monoisotopic (exact) mass is 252 g/mol. The molecule has 0 atom stereocenters. The van der Waals surface area contributed by atoms with Gasteiger partial charge < -0.3 is 10.6 Å². The fraction of sp³-hybridized carbons (Fsp3) is 0.667. The van der Waals surface area contributed by atoms with Gasteiger partial charge in [-0.05, 0) is 25.9 Å². The van der Waals surface area contributed by atoms with Crippen LogP contribution < -0.4 is 11.3 Å². The van der Waals surface area contributed by atoms with E-state index in [4.69, 9.17) is 5.73 Å². The maximum Gasteiger partial charge on any atom is 0.264 e. The molecule has 0 aromatic carbocycles. The van der Waals surface area contributed by atoms with Gasteiger partial charge in [0.1, 0.15) is 0 Å². The van der Waals surface area contributed by atoms with Crippen LogP contribution in [0.2, 0.25) is 0 Å². The second kappa shape index (κ2) is 5.97. The minimum atomic E-state index is -0.276. The molecule has 6 heteroatoms. The summed E-state index contributed by atoms with van der Waals surface area (Å²) in [7, 11) is 0. The molecule has 0 saturated carbocycles. The second-order valence-electron chi connectivity index (χ2n) is 4.70.